The molecule has 0 N–H and O–H groups in total. The number of benzene rings is 2. The van der Waals surface area contributed by atoms with E-state index in [9.17, 15) is 4.79 Å². The largest absolute Gasteiger partial charge is 0.477 e. The molecule has 0 saturated carbocycles. The molecule has 0 amide bonds. The fourth-order valence-corrected chi connectivity index (χ4v) is 5.08. The first-order valence-electron chi connectivity index (χ1n) is 9.93. The van der Waals surface area contributed by atoms with E-state index < -0.39 is 0 Å². The second kappa shape index (κ2) is 8.32. The molecule has 5 rings (SSSR count). The summed E-state index contributed by atoms with van der Waals surface area (Å²) >= 11 is 14.0. The molecule has 2 aliphatic heterocycles. The summed E-state index contributed by atoms with van der Waals surface area (Å²) in [5.41, 5.74) is 3.11. The zero-order chi connectivity index (χ0) is 21.5. The average molecular weight is 472 g/mol. The monoisotopic (exact) mass is 471 g/mol. The molecule has 0 aliphatic carbocycles. The highest BCUT2D eigenvalue weighted by atomic mass is 35.5. The summed E-state index contributed by atoms with van der Waals surface area (Å²) < 4.78 is 12.0. The Kier molecular flexibility index (Phi) is 5.52. The molecular weight excluding hydrogens is 453 g/mol. The third-order valence-corrected chi connectivity index (χ3v) is 7.00. The maximum atomic E-state index is 13.1. The van der Waals surface area contributed by atoms with E-state index in [0.29, 0.717) is 33.7 Å². The highest BCUT2D eigenvalue weighted by Gasteiger charge is 2.33. The summed E-state index contributed by atoms with van der Waals surface area (Å²) in [7, 11) is 0. The lowest BCUT2D eigenvalue weighted by Gasteiger charge is -2.30. The first-order chi connectivity index (χ1) is 15.0. The minimum absolute atomic E-state index is 0.150. The van der Waals surface area contributed by atoms with Crippen molar-refractivity contribution in [3.05, 3.63) is 84.7 Å². The van der Waals surface area contributed by atoms with Crippen molar-refractivity contribution >= 4 is 46.4 Å². The molecule has 158 valence electrons. The molecule has 0 spiro atoms. The molecule has 31 heavy (non-hydrogen) atoms. The van der Waals surface area contributed by atoms with Gasteiger partial charge in [-0.05, 0) is 54.6 Å². The first kappa shape index (κ1) is 20.6. The van der Waals surface area contributed by atoms with E-state index in [0.717, 1.165) is 36.4 Å². The fourth-order valence-electron chi connectivity index (χ4n) is 3.92. The van der Waals surface area contributed by atoms with Crippen molar-refractivity contribution in [1.29, 1.82) is 0 Å². The summed E-state index contributed by atoms with van der Waals surface area (Å²) in [6.07, 6.45) is 2.64. The number of rotatable bonds is 4. The topological polar surface area (TPSA) is 38.8 Å². The van der Waals surface area contributed by atoms with Crippen LogP contribution in [0.5, 0.6) is 11.5 Å². The SMILES string of the molecule is Cc1c2c(cc3c1O/C(=C\c1ccc(Cl)cc1Cl)C3=O)CN(CCc1cccs1)CO2. The van der Waals surface area contributed by atoms with Crippen LogP contribution in [0.4, 0.5) is 0 Å². The van der Waals surface area contributed by atoms with Crippen LogP contribution < -0.4 is 9.47 Å². The molecule has 3 heterocycles. The third-order valence-electron chi connectivity index (χ3n) is 5.51. The van der Waals surface area contributed by atoms with Gasteiger partial charge in [0.25, 0.3) is 0 Å². The number of carbonyl (C=O) groups is 1. The van der Waals surface area contributed by atoms with Crippen molar-refractivity contribution in [2.24, 2.45) is 0 Å². The Hall–Kier alpha value is -2.31. The van der Waals surface area contributed by atoms with Crippen LogP contribution in [-0.2, 0) is 13.0 Å². The fraction of sp³-hybridized carbons (Fsp3) is 0.208. The number of allylic oxidation sites excluding steroid dienone is 1. The molecule has 0 unspecified atom stereocenters. The standard InChI is InChI=1S/C24H19Cl2NO3S/c1-14-23-16(12-27(13-29-23)7-6-18-3-2-8-31-18)9-19-22(28)21(30-24(14)19)10-15-4-5-17(25)11-20(15)26/h2-5,8-11H,6-7,12-13H2,1H3/b21-10-. The van der Waals surface area contributed by atoms with E-state index in [-0.39, 0.29) is 11.5 Å². The van der Waals surface area contributed by atoms with Crippen LogP contribution in [0.2, 0.25) is 10.0 Å². The Morgan fingerprint density at radius 3 is 2.84 bits per heavy atom. The summed E-state index contributed by atoms with van der Waals surface area (Å²) in [5, 5.41) is 3.10. The highest BCUT2D eigenvalue weighted by molar-refractivity contribution is 7.09. The second-order valence-corrected chi connectivity index (χ2v) is 9.50. The minimum Gasteiger partial charge on any atom is -0.477 e. The third kappa shape index (κ3) is 3.99. The van der Waals surface area contributed by atoms with Crippen LogP contribution in [0, 0.1) is 6.92 Å². The second-order valence-electron chi connectivity index (χ2n) is 7.63. The summed E-state index contributed by atoms with van der Waals surface area (Å²) in [6.45, 7) is 4.10. The molecule has 0 radical (unpaired) electrons. The van der Waals surface area contributed by atoms with Crippen molar-refractivity contribution < 1.29 is 14.3 Å². The van der Waals surface area contributed by atoms with Crippen LogP contribution in [-0.4, -0.2) is 24.0 Å². The number of halogens is 2. The van der Waals surface area contributed by atoms with E-state index in [2.05, 4.69) is 22.4 Å². The number of carbonyl (C=O) groups excluding carboxylic acids is 1. The lowest BCUT2D eigenvalue weighted by atomic mass is 10.00. The lowest BCUT2D eigenvalue weighted by molar-refractivity contribution is 0.0956. The molecule has 1 aromatic heterocycles. The van der Waals surface area contributed by atoms with Gasteiger partial charge in [0, 0.05) is 39.1 Å². The van der Waals surface area contributed by atoms with Crippen molar-refractivity contribution in [3.8, 4) is 11.5 Å². The summed E-state index contributed by atoms with van der Waals surface area (Å²) in [4.78, 5) is 16.7. The molecule has 3 aromatic rings. The van der Waals surface area contributed by atoms with Gasteiger partial charge in [-0.15, -0.1) is 11.3 Å². The lowest BCUT2D eigenvalue weighted by Crippen LogP contribution is -2.34. The maximum absolute atomic E-state index is 13.1. The molecule has 0 atom stereocenters. The predicted molar refractivity (Wildman–Crippen MR) is 125 cm³/mol. The van der Waals surface area contributed by atoms with Crippen molar-refractivity contribution in [2.75, 3.05) is 13.3 Å². The highest BCUT2D eigenvalue weighted by Crippen LogP contribution is 2.43. The molecule has 4 nitrogen and oxygen atoms in total. The Bertz CT molecular complexity index is 1200. The number of thiophene rings is 1. The Morgan fingerprint density at radius 1 is 1.19 bits per heavy atom. The number of fused-ring (bicyclic) bond motifs is 2. The predicted octanol–water partition coefficient (Wildman–Crippen LogP) is 6.37. The minimum atomic E-state index is -0.150. The molecule has 2 aromatic carbocycles. The van der Waals surface area contributed by atoms with E-state index in [1.165, 1.54) is 4.88 Å². The zero-order valence-electron chi connectivity index (χ0n) is 16.8. The van der Waals surface area contributed by atoms with Crippen molar-refractivity contribution in [2.45, 2.75) is 19.9 Å². The van der Waals surface area contributed by atoms with Crippen LogP contribution in [0.15, 0.2) is 47.5 Å². The van der Waals surface area contributed by atoms with Gasteiger partial charge in [-0.1, -0.05) is 35.3 Å². The van der Waals surface area contributed by atoms with Gasteiger partial charge in [-0.25, -0.2) is 0 Å². The quantitative estimate of drug-likeness (QED) is 0.414. The van der Waals surface area contributed by atoms with Gasteiger partial charge in [0.2, 0.25) is 5.78 Å². The van der Waals surface area contributed by atoms with Crippen molar-refractivity contribution in [3.63, 3.8) is 0 Å². The van der Waals surface area contributed by atoms with Gasteiger partial charge in [0.05, 0.1) is 5.56 Å². The van der Waals surface area contributed by atoms with E-state index in [1.54, 1.807) is 35.6 Å². The Morgan fingerprint density at radius 2 is 2.06 bits per heavy atom. The smallest absolute Gasteiger partial charge is 0.231 e. The number of nitrogens with zero attached hydrogens (tertiary/aromatic N) is 1. The first-order valence-corrected chi connectivity index (χ1v) is 11.6. The van der Waals surface area contributed by atoms with Crippen LogP contribution in [0.1, 0.15) is 31.9 Å². The van der Waals surface area contributed by atoms with Gasteiger partial charge >= 0.3 is 0 Å². The van der Waals surface area contributed by atoms with E-state index in [1.807, 2.05) is 13.0 Å². The maximum Gasteiger partial charge on any atom is 0.231 e. The number of hydrogen-bond donors (Lipinski definition) is 0. The summed E-state index contributed by atoms with van der Waals surface area (Å²) in [5.74, 6) is 1.47. The van der Waals surface area contributed by atoms with Crippen LogP contribution in [0.25, 0.3) is 6.08 Å². The molecular formula is C24H19Cl2NO3S. The van der Waals surface area contributed by atoms with Crippen molar-refractivity contribution in [1.82, 2.24) is 4.90 Å². The number of ether oxygens (including phenoxy) is 2. The van der Waals surface area contributed by atoms with Gasteiger partial charge in [0.1, 0.15) is 18.2 Å². The van der Waals surface area contributed by atoms with Gasteiger partial charge < -0.3 is 9.47 Å². The summed E-state index contributed by atoms with van der Waals surface area (Å²) in [6, 6.07) is 11.3. The Labute approximate surface area is 194 Å². The van der Waals surface area contributed by atoms with Gasteiger partial charge in [0.15, 0.2) is 5.76 Å². The van der Waals surface area contributed by atoms with E-state index >= 15 is 0 Å². The number of hydrogen-bond acceptors (Lipinski definition) is 5. The van der Waals surface area contributed by atoms with Gasteiger partial charge in [-0.2, -0.15) is 0 Å². The molecule has 2 aliphatic rings. The van der Waals surface area contributed by atoms with E-state index in [4.69, 9.17) is 32.7 Å². The molecule has 7 heteroatoms. The molecule has 0 bridgehead atoms. The normalized spacial score (nSPS) is 16.7. The number of ketones is 1. The van der Waals surface area contributed by atoms with Crippen LogP contribution >= 0.6 is 34.5 Å². The van der Waals surface area contributed by atoms with Crippen LogP contribution in [0.3, 0.4) is 0 Å². The zero-order valence-corrected chi connectivity index (χ0v) is 19.1. The number of Topliss-reactive ketones (excluding diaryl/α,β-unsaturated/α-hetero) is 1. The molecule has 0 saturated heterocycles. The Balaban J connectivity index is 1.40. The van der Waals surface area contributed by atoms with Gasteiger partial charge in [-0.3, -0.25) is 9.69 Å². The molecule has 0 fully saturated rings. The average Bonchev–Trinajstić information content (AvgIpc) is 3.38.